The number of furan rings is 1. The normalized spacial score (nSPS) is 19.2. The van der Waals surface area contributed by atoms with Gasteiger partial charge in [0.2, 0.25) is 0 Å². The maximum absolute atomic E-state index is 5.72. The van der Waals surface area contributed by atoms with Gasteiger partial charge in [0, 0.05) is 12.5 Å². The minimum atomic E-state index is 0.410. The van der Waals surface area contributed by atoms with Gasteiger partial charge in [0.15, 0.2) is 5.22 Å². The third-order valence-corrected chi connectivity index (χ3v) is 3.20. The van der Waals surface area contributed by atoms with E-state index in [1.54, 1.807) is 12.4 Å². The monoisotopic (exact) mass is 252 g/mol. The molecule has 5 nitrogen and oxygen atoms in total. The largest absolute Gasteiger partial charge is 0.448 e. The molecule has 17 heavy (non-hydrogen) atoms. The Labute approximate surface area is 104 Å². The summed E-state index contributed by atoms with van der Waals surface area (Å²) >= 11 is 5.72. The van der Waals surface area contributed by atoms with E-state index in [0.717, 1.165) is 31.0 Å². The third-order valence-electron chi connectivity index (χ3n) is 3.00. The lowest BCUT2D eigenvalue weighted by atomic mass is 10.1. The predicted octanol–water partition coefficient (Wildman–Crippen LogP) is 1.63. The van der Waals surface area contributed by atoms with Crippen molar-refractivity contribution in [3.05, 3.63) is 35.3 Å². The van der Waals surface area contributed by atoms with Gasteiger partial charge in [-0.2, -0.15) is 5.10 Å². The van der Waals surface area contributed by atoms with Crippen LogP contribution in [0.15, 0.2) is 22.9 Å². The fraction of sp³-hybridized carbons (Fsp3) is 0.455. The van der Waals surface area contributed by atoms with E-state index in [1.165, 1.54) is 0 Å². The number of halogens is 1. The lowest BCUT2D eigenvalue weighted by Crippen LogP contribution is -2.37. The molecule has 6 heteroatoms. The molecule has 0 radical (unpaired) electrons. The molecule has 3 heterocycles. The Hall–Kier alpha value is -1.33. The molecule has 2 aromatic rings. The molecule has 1 N–H and O–H groups in total. The van der Waals surface area contributed by atoms with E-state index in [-0.39, 0.29) is 0 Å². The third kappa shape index (κ3) is 2.35. The highest BCUT2D eigenvalue weighted by Gasteiger charge is 2.19. The smallest absolute Gasteiger partial charge is 0.193 e. The molecule has 1 atom stereocenters. The fourth-order valence-corrected chi connectivity index (χ4v) is 2.26. The first-order chi connectivity index (χ1) is 8.31. The molecule has 0 aromatic carbocycles. The fourth-order valence-electron chi connectivity index (χ4n) is 2.10. The molecule has 3 rings (SSSR count). The van der Waals surface area contributed by atoms with Gasteiger partial charge in [-0.05, 0) is 30.2 Å². The maximum Gasteiger partial charge on any atom is 0.193 e. The lowest BCUT2D eigenvalue weighted by Gasteiger charge is -2.23. The summed E-state index contributed by atoms with van der Waals surface area (Å²) in [6, 6.07) is 4.06. The number of hydrogen-bond acceptors (Lipinski definition) is 4. The van der Waals surface area contributed by atoms with E-state index >= 15 is 0 Å². The van der Waals surface area contributed by atoms with Crippen molar-refractivity contribution in [3.8, 4) is 0 Å². The van der Waals surface area contributed by atoms with Gasteiger partial charge in [-0.3, -0.25) is 0 Å². The van der Waals surface area contributed by atoms with Gasteiger partial charge in [-0.25, -0.2) is 9.67 Å². The summed E-state index contributed by atoms with van der Waals surface area (Å²) in [5.74, 6) is 1.93. The highest BCUT2D eigenvalue weighted by Crippen LogP contribution is 2.15. The summed E-state index contributed by atoms with van der Waals surface area (Å²) in [6.45, 7) is 1.56. The summed E-state index contributed by atoms with van der Waals surface area (Å²) in [6.07, 6.45) is 3.66. The molecule has 2 aromatic heterocycles. The van der Waals surface area contributed by atoms with Crippen molar-refractivity contribution in [1.29, 1.82) is 0 Å². The Morgan fingerprint density at radius 2 is 2.47 bits per heavy atom. The van der Waals surface area contributed by atoms with Gasteiger partial charge < -0.3 is 9.73 Å². The second-order valence-corrected chi connectivity index (χ2v) is 4.55. The van der Waals surface area contributed by atoms with Gasteiger partial charge in [0.25, 0.3) is 0 Å². The zero-order valence-corrected chi connectivity index (χ0v) is 10.0. The number of rotatable bonds is 3. The minimum absolute atomic E-state index is 0.410. The topological polar surface area (TPSA) is 55.9 Å². The Balaban J connectivity index is 1.57. The first kappa shape index (κ1) is 10.8. The van der Waals surface area contributed by atoms with E-state index in [9.17, 15) is 0 Å². The Morgan fingerprint density at radius 3 is 3.29 bits per heavy atom. The van der Waals surface area contributed by atoms with Gasteiger partial charge in [0.1, 0.15) is 17.9 Å². The van der Waals surface area contributed by atoms with Crippen LogP contribution in [0.3, 0.4) is 0 Å². The summed E-state index contributed by atoms with van der Waals surface area (Å²) < 4.78 is 7.25. The van der Waals surface area contributed by atoms with E-state index in [1.807, 2.05) is 10.7 Å². The molecule has 0 saturated heterocycles. The zero-order valence-electron chi connectivity index (χ0n) is 9.27. The first-order valence-electron chi connectivity index (χ1n) is 5.65. The average molecular weight is 253 g/mol. The Kier molecular flexibility index (Phi) is 2.86. The number of aryl methyl sites for hydroxylation is 1. The number of nitrogens with zero attached hydrogens (tertiary/aromatic N) is 3. The highest BCUT2D eigenvalue weighted by atomic mass is 35.5. The SMILES string of the molecule is Clc1ccc(CN[C@H]2CCc3ncnn3C2)o1. The van der Waals surface area contributed by atoms with Crippen molar-refractivity contribution in [3.63, 3.8) is 0 Å². The van der Waals surface area contributed by atoms with Crippen molar-refractivity contribution in [2.75, 3.05) is 0 Å². The van der Waals surface area contributed by atoms with Crippen LogP contribution in [0.5, 0.6) is 0 Å². The van der Waals surface area contributed by atoms with Crippen LogP contribution in [0, 0.1) is 0 Å². The molecule has 0 aliphatic carbocycles. The predicted molar refractivity (Wildman–Crippen MR) is 62.7 cm³/mol. The molecule has 1 aliphatic rings. The van der Waals surface area contributed by atoms with Crippen molar-refractivity contribution >= 4 is 11.6 Å². The Morgan fingerprint density at radius 1 is 1.53 bits per heavy atom. The van der Waals surface area contributed by atoms with Gasteiger partial charge in [-0.15, -0.1) is 0 Å². The van der Waals surface area contributed by atoms with Crippen molar-refractivity contribution in [2.45, 2.75) is 32.0 Å². The van der Waals surface area contributed by atoms with Crippen molar-refractivity contribution < 1.29 is 4.42 Å². The summed E-state index contributed by atoms with van der Waals surface area (Å²) in [5, 5.41) is 8.06. The first-order valence-corrected chi connectivity index (χ1v) is 6.03. The number of nitrogens with one attached hydrogen (secondary N) is 1. The van der Waals surface area contributed by atoms with Crippen LogP contribution in [0.25, 0.3) is 0 Å². The summed E-state index contributed by atoms with van der Waals surface area (Å²) in [5.41, 5.74) is 0. The molecular formula is C11H13ClN4O. The van der Waals surface area contributed by atoms with Crippen molar-refractivity contribution in [2.24, 2.45) is 0 Å². The number of aromatic nitrogens is 3. The van der Waals surface area contributed by atoms with Crippen LogP contribution >= 0.6 is 11.6 Å². The standard InChI is InChI=1S/C11H13ClN4O/c12-10-3-2-9(17-10)5-13-8-1-4-11-14-7-15-16(11)6-8/h2-3,7-8,13H,1,4-6H2/t8-/m0/s1. The number of fused-ring (bicyclic) bond motifs is 1. The van der Waals surface area contributed by atoms with E-state index < -0.39 is 0 Å². The molecule has 0 bridgehead atoms. The van der Waals surface area contributed by atoms with Gasteiger partial charge in [-0.1, -0.05) is 0 Å². The molecule has 90 valence electrons. The maximum atomic E-state index is 5.72. The van der Waals surface area contributed by atoms with Crippen LogP contribution in [0.4, 0.5) is 0 Å². The highest BCUT2D eigenvalue weighted by molar-refractivity contribution is 6.28. The van der Waals surface area contributed by atoms with E-state index in [0.29, 0.717) is 17.8 Å². The van der Waals surface area contributed by atoms with Crippen LogP contribution in [-0.4, -0.2) is 20.8 Å². The molecule has 0 fully saturated rings. The quantitative estimate of drug-likeness (QED) is 0.902. The van der Waals surface area contributed by atoms with Gasteiger partial charge >= 0.3 is 0 Å². The average Bonchev–Trinajstić information content (AvgIpc) is 2.94. The molecule has 0 amide bonds. The molecular weight excluding hydrogens is 240 g/mol. The second kappa shape index (κ2) is 4.50. The van der Waals surface area contributed by atoms with Gasteiger partial charge in [0.05, 0.1) is 13.1 Å². The van der Waals surface area contributed by atoms with Crippen LogP contribution < -0.4 is 5.32 Å². The zero-order chi connectivity index (χ0) is 11.7. The van der Waals surface area contributed by atoms with Crippen LogP contribution in [0.2, 0.25) is 5.22 Å². The van der Waals surface area contributed by atoms with E-state index in [2.05, 4.69) is 15.4 Å². The van der Waals surface area contributed by atoms with Crippen LogP contribution in [-0.2, 0) is 19.5 Å². The molecule has 0 saturated carbocycles. The minimum Gasteiger partial charge on any atom is -0.448 e. The summed E-state index contributed by atoms with van der Waals surface area (Å²) in [7, 11) is 0. The Bertz CT molecular complexity index is 507. The second-order valence-electron chi connectivity index (χ2n) is 4.18. The number of hydrogen-bond donors (Lipinski definition) is 1. The van der Waals surface area contributed by atoms with Crippen molar-refractivity contribution in [1.82, 2.24) is 20.1 Å². The van der Waals surface area contributed by atoms with E-state index in [4.69, 9.17) is 16.0 Å². The lowest BCUT2D eigenvalue weighted by molar-refractivity contribution is 0.345. The molecule has 0 unspecified atom stereocenters. The molecule has 1 aliphatic heterocycles. The molecule has 0 spiro atoms. The van der Waals surface area contributed by atoms with Crippen LogP contribution in [0.1, 0.15) is 18.0 Å². The summed E-state index contributed by atoms with van der Waals surface area (Å²) in [4.78, 5) is 4.20.